The highest BCUT2D eigenvalue weighted by molar-refractivity contribution is 6.79. The molecule has 1 nitrogen and oxygen atoms in total. The predicted octanol–water partition coefficient (Wildman–Crippen LogP) is 20.4. The summed E-state index contributed by atoms with van der Waals surface area (Å²) in [5.74, 6) is -27.6. The van der Waals surface area contributed by atoms with Gasteiger partial charge in [-0.2, -0.15) is 38.7 Å². The summed E-state index contributed by atoms with van der Waals surface area (Å²) in [5.41, 5.74) is -2.95. The van der Waals surface area contributed by atoms with Gasteiger partial charge in [0.25, 0.3) is 0 Å². The zero-order chi connectivity index (χ0) is 53.2. The lowest BCUT2D eigenvalue weighted by atomic mass is 10.0. The maximum absolute atomic E-state index is 13.4. The van der Waals surface area contributed by atoms with Gasteiger partial charge in [0.05, 0.1) is 12.6 Å². The van der Waals surface area contributed by atoms with Crippen molar-refractivity contribution in [2.45, 2.75) is 260 Å². The van der Waals surface area contributed by atoms with Crippen molar-refractivity contribution in [1.82, 2.24) is 0 Å². The van der Waals surface area contributed by atoms with Crippen molar-refractivity contribution in [3.05, 3.63) is 58.7 Å². The quantitative estimate of drug-likeness (QED) is 0.0173. The van der Waals surface area contributed by atoms with Gasteiger partial charge in [-0.15, -0.1) is 8.78 Å². The average Bonchev–Trinajstić information content (AvgIpc) is 3.33. The maximum Gasteiger partial charge on any atom is 0.458 e. The Hall–Kier alpha value is -2.05. The van der Waals surface area contributed by atoms with E-state index >= 15 is 0 Å². The Kier molecular flexibility index (Phi) is 36.5. The molecule has 2 aromatic rings. The van der Waals surface area contributed by atoms with Gasteiger partial charge in [0.2, 0.25) is 5.82 Å². The van der Waals surface area contributed by atoms with Crippen molar-refractivity contribution in [3.8, 4) is 11.1 Å². The third-order valence-electron chi connectivity index (χ3n) is 13.8. The van der Waals surface area contributed by atoms with Gasteiger partial charge in [0.1, 0.15) is 13.1 Å². The molecule has 0 aliphatic heterocycles. The molecule has 410 valence electrons. The molecule has 70 heavy (non-hydrogen) atoms. The van der Waals surface area contributed by atoms with Crippen molar-refractivity contribution < 1.29 is 66.8 Å². The van der Waals surface area contributed by atoms with Crippen LogP contribution in [0, 0.1) is 46.5 Å². The molecule has 0 fully saturated rings. The van der Waals surface area contributed by atoms with Gasteiger partial charge in [-0.3, -0.25) is 5.32 Å². The summed E-state index contributed by atoms with van der Waals surface area (Å²) in [6, 6.07) is -4.13. The van der Waals surface area contributed by atoms with Crippen LogP contribution in [-0.4, -0.2) is 38.0 Å². The summed E-state index contributed by atoms with van der Waals surface area (Å²) in [6.45, 7) is 11.2. The lowest BCUT2D eigenvalue weighted by Crippen LogP contribution is -2.96. The molecule has 0 aromatic heterocycles. The summed E-state index contributed by atoms with van der Waals surface area (Å²) in [6.07, 6.45) is 36.1. The Labute approximate surface area is 415 Å². The number of nitrogens with two attached hydrogens (primary N) is 1. The number of unbranched alkanes of at least 4 members (excludes halogenated alkanes) is 23. The molecule has 0 unspecified atom stereocenters. The van der Waals surface area contributed by atoms with E-state index in [4.69, 9.17) is 0 Å². The van der Waals surface area contributed by atoms with Gasteiger partial charge >= 0.3 is 17.9 Å². The monoisotopic (exact) mass is 1040 g/mol. The lowest BCUT2D eigenvalue weighted by Gasteiger charge is -2.37. The van der Waals surface area contributed by atoms with Gasteiger partial charge in [-0.1, -0.05) is 208 Å². The standard InChI is InChI=1S/C12H2F8.C10H17F6N.4C8H17.Al/c13-4-2-1-3(6(14)7(4)15)5-8(16)10(18)12(20)11(19)9(5)17;1-3-4-5-6-7-8(11,12)9(13,14)10(15,16)17-2;4*1-3-5-7-8-6-4-2;/h1-2H;17H,3-7H2,1-2H3;4*1,3-8H2,2H3;/q;;;;;;-1/p+1. The molecule has 0 atom stereocenters. The normalized spacial score (nSPS) is 12.2. The van der Waals surface area contributed by atoms with Crippen LogP contribution in [0.3, 0.4) is 0 Å². The van der Waals surface area contributed by atoms with Crippen molar-refractivity contribution in [1.29, 1.82) is 0 Å². The molecular formula is C54H88AlF14N. The fourth-order valence-corrected chi connectivity index (χ4v) is 15.6. The molecule has 0 saturated carbocycles. The Morgan fingerprint density at radius 3 is 1.00 bits per heavy atom. The van der Waals surface area contributed by atoms with Crippen LogP contribution >= 0.6 is 0 Å². The van der Waals surface area contributed by atoms with E-state index in [0.717, 1.165) is 6.42 Å². The predicted molar refractivity (Wildman–Crippen MR) is 261 cm³/mol. The van der Waals surface area contributed by atoms with E-state index in [0.29, 0.717) is 32.0 Å². The van der Waals surface area contributed by atoms with Crippen LogP contribution < -0.4 is 5.32 Å². The molecule has 0 radical (unpaired) electrons. The van der Waals surface area contributed by atoms with Crippen LogP contribution in [0.15, 0.2) is 12.1 Å². The highest BCUT2D eigenvalue weighted by Crippen LogP contribution is 2.45. The van der Waals surface area contributed by atoms with E-state index < -0.39 is 95.1 Å². The van der Waals surface area contributed by atoms with Gasteiger partial charge in [0, 0.05) is 12.0 Å². The van der Waals surface area contributed by atoms with Crippen LogP contribution in [-0.2, 0) is 0 Å². The van der Waals surface area contributed by atoms with Crippen molar-refractivity contribution in [3.63, 3.8) is 0 Å². The Bertz CT molecular complexity index is 1560. The largest absolute Gasteiger partial charge is 0.458 e. The van der Waals surface area contributed by atoms with E-state index in [1.807, 2.05) is 6.92 Å². The van der Waals surface area contributed by atoms with E-state index in [2.05, 4.69) is 27.7 Å². The fraction of sp³-hybridized carbons (Fsp3) is 0.778. The van der Waals surface area contributed by atoms with Gasteiger partial charge in [0.15, 0.2) is 40.7 Å². The number of quaternary nitrogens is 1. The summed E-state index contributed by atoms with van der Waals surface area (Å²) in [7, 11) is 0.640. The van der Waals surface area contributed by atoms with Crippen molar-refractivity contribution in [2.24, 2.45) is 0 Å². The summed E-state index contributed by atoms with van der Waals surface area (Å²) in [4.78, 5) is 0. The summed E-state index contributed by atoms with van der Waals surface area (Å²) < 4.78 is 182. The summed E-state index contributed by atoms with van der Waals surface area (Å²) >= 11 is -1.42. The first-order valence-corrected chi connectivity index (χ1v) is 30.2. The van der Waals surface area contributed by atoms with E-state index in [9.17, 15) is 61.5 Å². The smallest absolute Gasteiger partial charge is 0.282 e. The van der Waals surface area contributed by atoms with Gasteiger partial charge in [-0.25, -0.2) is 35.1 Å². The zero-order valence-corrected chi connectivity index (χ0v) is 44.6. The molecule has 0 amide bonds. The first-order chi connectivity index (χ1) is 33.1. The molecule has 0 heterocycles. The fourth-order valence-electron chi connectivity index (χ4n) is 9.21. The van der Waals surface area contributed by atoms with Crippen LogP contribution in [0.5, 0.6) is 0 Å². The lowest BCUT2D eigenvalue weighted by molar-refractivity contribution is -0.789. The molecule has 0 spiro atoms. The van der Waals surface area contributed by atoms with Gasteiger partial charge < -0.3 is 0 Å². The summed E-state index contributed by atoms with van der Waals surface area (Å²) in [5, 5.41) is 6.64. The van der Waals surface area contributed by atoms with Gasteiger partial charge in [-0.05, 0) is 18.6 Å². The molecule has 0 aliphatic rings. The minimum Gasteiger partial charge on any atom is -0.282 e. The average molecular weight is 1040 g/mol. The third kappa shape index (κ3) is 24.3. The number of alkyl halides is 6. The Morgan fingerprint density at radius 2 is 0.671 bits per heavy atom. The first kappa shape index (κ1) is 68.0. The number of hydrogen-bond acceptors (Lipinski definition) is 0. The molecule has 0 saturated heterocycles. The molecule has 2 aromatic carbocycles. The van der Waals surface area contributed by atoms with E-state index in [1.165, 1.54) is 128 Å². The van der Waals surface area contributed by atoms with Crippen molar-refractivity contribution >= 4 is 13.1 Å². The second-order valence-electron chi connectivity index (χ2n) is 19.6. The van der Waals surface area contributed by atoms with Crippen LogP contribution in [0.1, 0.15) is 221 Å². The Morgan fingerprint density at radius 1 is 0.371 bits per heavy atom. The number of halogens is 14. The topological polar surface area (TPSA) is 16.6 Å². The molecule has 2 rings (SSSR count). The second kappa shape index (κ2) is 37.6. The van der Waals surface area contributed by atoms with E-state index in [-0.39, 0.29) is 11.7 Å². The van der Waals surface area contributed by atoms with E-state index in [1.54, 1.807) is 46.8 Å². The number of benzene rings is 2. The van der Waals surface area contributed by atoms with Crippen LogP contribution in [0.4, 0.5) is 61.5 Å². The Balaban J connectivity index is 0.00000109. The molecule has 0 bridgehead atoms. The highest BCUT2D eigenvalue weighted by atomic mass is 27.2. The molecule has 2 N–H and O–H groups in total. The number of rotatable bonds is 37. The second-order valence-corrected chi connectivity index (χ2v) is 25.4. The number of hydrogen-bond donors (Lipinski definition) is 1. The first-order valence-electron chi connectivity index (χ1n) is 26.9. The van der Waals surface area contributed by atoms with Crippen LogP contribution in [0.2, 0.25) is 21.1 Å². The third-order valence-corrected chi connectivity index (χ3v) is 20.3. The minimum absolute atomic E-state index is 0.184. The maximum atomic E-state index is 13.4. The molecule has 0 aliphatic carbocycles. The molecule has 16 heteroatoms. The van der Waals surface area contributed by atoms with Crippen molar-refractivity contribution in [2.75, 3.05) is 7.05 Å². The molecular weight excluding hydrogens is 956 g/mol. The highest BCUT2D eigenvalue weighted by Gasteiger charge is 2.74. The zero-order valence-electron chi connectivity index (χ0n) is 43.4. The SMILES string of the molecule is CCCCCCC(F)(F)C(F)(F)C(F)(F)[NH2+]C.CCCCCCC[CH2][Al-]([CH2]CCCCCCC)([CH2]CCCCCCC)[CH2]CCCCCCC.Fc1ccc(-c2c(F)c(F)c(F)c(F)c2F)c(F)c1F. The minimum atomic E-state index is -5.33. The van der Waals surface area contributed by atoms with Crippen LogP contribution in [0.25, 0.3) is 11.1 Å².